The highest BCUT2D eigenvalue weighted by atomic mass is 35.5. The molecule has 1 aromatic carbocycles. The molecule has 9 nitrogen and oxygen atoms in total. The number of amides is 4. The minimum atomic E-state index is -0.819. The number of ether oxygens (including phenoxy) is 1. The number of imide groups is 1. The first kappa shape index (κ1) is 23.6. The number of halogens is 2. The number of fused-ring (bicyclic) bond motifs is 2. The zero-order valence-electron chi connectivity index (χ0n) is 19.0. The largest absolute Gasteiger partial charge is 0.437 e. The van der Waals surface area contributed by atoms with Gasteiger partial charge in [-0.15, -0.1) is 0 Å². The predicted molar refractivity (Wildman–Crippen MR) is 131 cm³/mol. The highest BCUT2D eigenvalue weighted by Gasteiger charge is 2.48. The van der Waals surface area contributed by atoms with Crippen molar-refractivity contribution in [1.29, 1.82) is 0 Å². The Morgan fingerprint density at radius 1 is 1.17 bits per heavy atom. The number of pyridine rings is 1. The summed E-state index contributed by atoms with van der Waals surface area (Å²) in [4.78, 5) is 47.4. The first-order valence-corrected chi connectivity index (χ1v) is 12.0. The SMILES string of the molecule is CN1CC(c2cccc(Cl)c2Cl)=CN(CC(=O)N2C(=O)OC3(CCNCC3)c3cccnc32)C1=O. The molecular weight excluding hydrogens is 493 g/mol. The van der Waals surface area contributed by atoms with E-state index in [1.54, 1.807) is 37.5 Å². The van der Waals surface area contributed by atoms with Crippen molar-refractivity contribution >= 4 is 52.6 Å². The Bertz CT molecular complexity index is 1240. The summed E-state index contributed by atoms with van der Waals surface area (Å²) in [5.74, 6) is -0.384. The second kappa shape index (κ2) is 9.14. The molecule has 1 spiro atoms. The van der Waals surface area contributed by atoms with E-state index in [0.29, 0.717) is 52.7 Å². The molecule has 4 amide bonds. The number of rotatable bonds is 3. The fourth-order valence-electron chi connectivity index (χ4n) is 4.77. The summed E-state index contributed by atoms with van der Waals surface area (Å²) in [6.45, 7) is 1.27. The third kappa shape index (κ3) is 4.13. The van der Waals surface area contributed by atoms with Crippen LogP contribution in [0.3, 0.4) is 0 Å². The van der Waals surface area contributed by atoms with E-state index in [9.17, 15) is 14.4 Å². The van der Waals surface area contributed by atoms with Gasteiger partial charge < -0.3 is 15.0 Å². The van der Waals surface area contributed by atoms with E-state index in [2.05, 4.69) is 10.3 Å². The second-order valence-electron chi connectivity index (χ2n) is 8.74. The number of urea groups is 1. The van der Waals surface area contributed by atoms with Crippen molar-refractivity contribution in [2.75, 3.05) is 38.1 Å². The van der Waals surface area contributed by atoms with Crippen molar-refractivity contribution in [2.24, 2.45) is 0 Å². The highest BCUT2D eigenvalue weighted by Crippen LogP contribution is 2.43. The average Bonchev–Trinajstić information content (AvgIpc) is 2.84. The van der Waals surface area contributed by atoms with Crippen LogP contribution in [0.15, 0.2) is 42.7 Å². The molecule has 0 atom stereocenters. The first-order chi connectivity index (χ1) is 16.8. The van der Waals surface area contributed by atoms with Gasteiger partial charge in [0.05, 0.1) is 10.0 Å². The number of nitrogens with one attached hydrogen (secondary N) is 1. The van der Waals surface area contributed by atoms with Crippen molar-refractivity contribution in [1.82, 2.24) is 20.1 Å². The van der Waals surface area contributed by atoms with E-state index < -0.39 is 17.6 Å². The molecule has 4 heterocycles. The van der Waals surface area contributed by atoms with E-state index in [1.165, 1.54) is 16.0 Å². The third-order valence-electron chi connectivity index (χ3n) is 6.51. The van der Waals surface area contributed by atoms with E-state index in [0.717, 1.165) is 4.90 Å². The van der Waals surface area contributed by atoms with Gasteiger partial charge >= 0.3 is 12.1 Å². The van der Waals surface area contributed by atoms with Crippen LogP contribution in [0.1, 0.15) is 24.0 Å². The van der Waals surface area contributed by atoms with Crippen LogP contribution in [-0.2, 0) is 15.1 Å². The molecule has 0 unspecified atom stereocenters. The lowest BCUT2D eigenvalue weighted by molar-refractivity contribution is -0.119. The summed E-state index contributed by atoms with van der Waals surface area (Å²) in [5.41, 5.74) is 1.24. The Hall–Kier alpha value is -3.14. The molecule has 0 bridgehead atoms. The number of carbonyl (C=O) groups excluding carboxylic acids is 3. The summed E-state index contributed by atoms with van der Waals surface area (Å²) in [7, 11) is 1.62. The molecule has 0 saturated carbocycles. The highest BCUT2D eigenvalue weighted by molar-refractivity contribution is 6.43. The third-order valence-corrected chi connectivity index (χ3v) is 7.33. The number of nitrogens with zero attached hydrogens (tertiary/aromatic N) is 4. The number of carbonyl (C=O) groups is 3. The summed E-state index contributed by atoms with van der Waals surface area (Å²) in [6, 6.07) is 8.44. The molecule has 11 heteroatoms. The van der Waals surface area contributed by atoms with Gasteiger partial charge in [-0.05, 0) is 36.9 Å². The van der Waals surface area contributed by atoms with Gasteiger partial charge in [-0.25, -0.2) is 14.6 Å². The molecule has 182 valence electrons. The Balaban J connectivity index is 1.46. The van der Waals surface area contributed by atoms with Crippen LogP contribution in [0.4, 0.5) is 15.4 Å². The van der Waals surface area contributed by atoms with Crippen LogP contribution in [0.5, 0.6) is 0 Å². The van der Waals surface area contributed by atoms with E-state index >= 15 is 0 Å². The first-order valence-electron chi connectivity index (χ1n) is 11.2. The van der Waals surface area contributed by atoms with Gasteiger partial charge in [-0.2, -0.15) is 4.90 Å². The van der Waals surface area contributed by atoms with Gasteiger partial charge in [0.25, 0.3) is 5.91 Å². The lowest BCUT2D eigenvalue weighted by atomic mass is 9.84. The maximum atomic E-state index is 13.4. The average molecular weight is 516 g/mol. The molecule has 1 fully saturated rings. The fraction of sp³-hybridized carbons (Fsp3) is 0.333. The Morgan fingerprint density at radius 2 is 1.94 bits per heavy atom. The standard InChI is InChI=1S/C24H23Cl2N5O4/c1-29-12-15(16-4-2-6-18(25)20(16)26)13-30(22(29)33)14-19(32)31-21-17(5-3-9-28-21)24(35-23(31)34)7-10-27-11-8-24/h2-6,9,13,27H,7-8,10-12,14H2,1H3. The van der Waals surface area contributed by atoms with Crippen molar-refractivity contribution < 1.29 is 19.1 Å². The van der Waals surface area contributed by atoms with E-state index in [1.807, 2.05) is 6.07 Å². The second-order valence-corrected chi connectivity index (χ2v) is 9.52. The normalized spacial score (nSPS) is 19.4. The van der Waals surface area contributed by atoms with Crippen molar-refractivity contribution in [2.45, 2.75) is 18.4 Å². The van der Waals surface area contributed by atoms with Gasteiger partial charge in [-0.3, -0.25) is 9.69 Å². The van der Waals surface area contributed by atoms with Crippen LogP contribution in [-0.4, -0.2) is 66.0 Å². The summed E-state index contributed by atoms with van der Waals surface area (Å²) >= 11 is 12.6. The van der Waals surface area contributed by atoms with Crippen LogP contribution in [0.2, 0.25) is 10.0 Å². The molecule has 1 aromatic heterocycles. The Kier molecular flexibility index (Phi) is 6.16. The van der Waals surface area contributed by atoms with Crippen LogP contribution in [0, 0.1) is 0 Å². The number of benzene rings is 1. The van der Waals surface area contributed by atoms with Gasteiger partial charge in [0.1, 0.15) is 12.1 Å². The van der Waals surface area contributed by atoms with Gasteiger partial charge in [0.2, 0.25) is 0 Å². The maximum Gasteiger partial charge on any atom is 0.423 e. The molecular formula is C24H23Cl2N5O4. The minimum Gasteiger partial charge on any atom is -0.437 e. The van der Waals surface area contributed by atoms with E-state index in [-0.39, 0.29) is 24.9 Å². The van der Waals surface area contributed by atoms with Crippen LogP contribution in [0.25, 0.3) is 5.57 Å². The van der Waals surface area contributed by atoms with Crippen molar-refractivity contribution in [3.63, 3.8) is 0 Å². The molecule has 35 heavy (non-hydrogen) atoms. The lowest BCUT2D eigenvalue weighted by Crippen LogP contribution is -2.55. The van der Waals surface area contributed by atoms with Gasteiger partial charge in [-0.1, -0.05) is 35.3 Å². The van der Waals surface area contributed by atoms with Crippen LogP contribution >= 0.6 is 23.2 Å². The van der Waals surface area contributed by atoms with Gasteiger partial charge in [0.15, 0.2) is 5.82 Å². The quantitative estimate of drug-likeness (QED) is 0.666. The molecule has 1 saturated heterocycles. The van der Waals surface area contributed by atoms with Gasteiger partial charge in [0, 0.05) is 50.0 Å². The smallest absolute Gasteiger partial charge is 0.423 e. The molecule has 0 aliphatic carbocycles. The Morgan fingerprint density at radius 3 is 2.71 bits per heavy atom. The van der Waals surface area contributed by atoms with E-state index in [4.69, 9.17) is 27.9 Å². The zero-order valence-corrected chi connectivity index (χ0v) is 20.5. The van der Waals surface area contributed by atoms with Crippen LogP contribution < -0.4 is 10.2 Å². The lowest BCUT2D eigenvalue weighted by Gasteiger charge is -2.43. The van der Waals surface area contributed by atoms with Crippen molar-refractivity contribution in [3.8, 4) is 0 Å². The molecule has 5 rings (SSSR count). The number of aromatic nitrogens is 1. The Labute approximate surface area is 212 Å². The predicted octanol–water partition coefficient (Wildman–Crippen LogP) is 3.86. The molecule has 1 N–H and O–H groups in total. The number of anilines is 1. The topological polar surface area (TPSA) is 95.1 Å². The summed E-state index contributed by atoms with van der Waals surface area (Å²) in [5, 5.41) is 4.01. The number of piperidine rings is 1. The summed E-state index contributed by atoms with van der Waals surface area (Å²) in [6.07, 6.45) is 3.48. The van der Waals surface area contributed by atoms with Crippen molar-refractivity contribution in [3.05, 3.63) is 63.9 Å². The number of hydrogen-bond acceptors (Lipinski definition) is 6. The molecule has 2 aromatic rings. The fourth-order valence-corrected chi connectivity index (χ4v) is 5.19. The maximum absolute atomic E-state index is 13.4. The molecule has 0 radical (unpaired) electrons. The zero-order chi connectivity index (χ0) is 24.7. The molecule has 3 aliphatic heterocycles. The number of likely N-dealkylation sites (N-methyl/N-ethyl adjacent to an activating group) is 1. The minimum absolute atomic E-state index is 0.246. The summed E-state index contributed by atoms with van der Waals surface area (Å²) < 4.78 is 5.86. The molecule has 3 aliphatic rings. The monoisotopic (exact) mass is 515 g/mol. The number of hydrogen-bond donors (Lipinski definition) is 1.